The van der Waals surface area contributed by atoms with Gasteiger partial charge in [0, 0.05) is 28.0 Å². The average Bonchev–Trinajstić information content (AvgIpc) is 3.46. The number of halogens is 3. The van der Waals surface area contributed by atoms with Gasteiger partial charge in [-0.05, 0) is 30.3 Å². The van der Waals surface area contributed by atoms with E-state index in [2.05, 4.69) is 15.5 Å². The maximum Gasteiger partial charge on any atom is 0.277 e. The molecule has 2 aromatic carbocycles. The van der Waals surface area contributed by atoms with Crippen molar-refractivity contribution in [2.24, 2.45) is 0 Å². The van der Waals surface area contributed by atoms with Gasteiger partial charge in [0.1, 0.15) is 5.02 Å². The Morgan fingerprint density at radius 2 is 1.57 bits per heavy atom. The van der Waals surface area contributed by atoms with E-state index in [4.69, 9.17) is 49.0 Å². The first-order valence-corrected chi connectivity index (χ1v) is 11.4. The number of nitrogens with zero attached hydrogens (tertiary/aromatic N) is 4. The number of carbonyl (C=O) groups excluding carboxylic acids is 1. The van der Waals surface area contributed by atoms with Crippen molar-refractivity contribution >= 4 is 46.5 Å². The summed E-state index contributed by atoms with van der Waals surface area (Å²) >= 11 is 18.7. The number of para-hydroxylation sites is 1. The third-order valence-electron chi connectivity index (χ3n) is 4.93. The van der Waals surface area contributed by atoms with Gasteiger partial charge in [-0.25, -0.2) is 4.68 Å². The molecule has 0 saturated carbocycles. The van der Waals surface area contributed by atoms with Crippen LogP contribution in [0.1, 0.15) is 16.1 Å². The van der Waals surface area contributed by atoms with E-state index in [-0.39, 0.29) is 29.8 Å². The molecule has 1 N–H and O–H groups in total. The van der Waals surface area contributed by atoms with E-state index >= 15 is 0 Å². The Balaban J connectivity index is 1.42. The summed E-state index contributed by atoms with van der Waals surface area (Å²) in [6.07, 6.45) is 3.18. The molecule has 0 aliphatic rings. The highest BCUT2D eigenvalue weighted by atomic mass is 35.5. The van der Waals surface area contributed by atoms with Crippen LogP contribution in [0.25, 0.3) is 0 Å². The number of methoxy groups -OCH3 is 2. The van der Waals surface area contributed by atoms with E-state index in [1.165, 1.54) is 23.6 Å². The summed E-state index contributed by atoms with van der Waals surface area (Å²) in [7, 11) is 3.07. The van der Waals surface area contributed by atoms with Crippen molar-refractivity contribution in [3.05, 3.63) is 81.2 Å². The van der Waals surface area contributed by atoms with Crippen molar-refractivity contribution in [3.8, 4) is 17.2 Å². The van der Waals surface area contributed by atoms with E-state index in [1.54, 1.807) is 54.9 Å². The van der Waals surface area contributed by atoms with Crippen LogP contribution < -0.4 is 19.5 Å². The average molecular weight is 537 g/mol. The minimum Gasteiger partial charge on any atom is -0.493 e. The molecule has 0 fully saturated rings. The quantitative estimate of drug-likeness (QED) is 0.308. The lowest BCUT2D eigenvalue weighted by molar-refractivity contribution is 0.101. The summed E-state index contributed by atoms with van der Waals surface area (Å²) in [5, 5.41) is 12.5. The van der Waals surface area contributed by atoms with Crippen LogP contribution in [0.5, 0.6) is 17.2 Å². The Hall–Kier alpha value is -3.40. The summed E-state index contributed by atoms with van der Waals surface area (Å²) < 4.78 is 19.4. The number of carbonyl (C=O) groups is 1. The number of hydrogen-bond acceptors (Lipinski definition) is 6. The second kappa shape index (κ2) is 10.9. The second-order valence-electron chi connectivity index (χ2n) is 7.18. The molecule has 1 amide bonds. The largest absolute Gasteiger partial charge is 0.493 e. The number of rotatable bonds is 9. The molecule has 0 bridgehead atoms. The summed E-state index contributed by atoms with van der Waals surface area (Å²) in [4.78, 5) is 12.7. The molecule has 0 radical (unpaired) electrons. The Morgan fingerprint density at radius 1 is 0.914 bits per heavy atom. The first kappa shape index (κ1) is 24.7. The minimum absolute atomic E-state index is 0.0258. The van der Waals surface area contributed by atoms with Gasteiger partial charge in [-0.3, -0.25) is 9.48 Å². The van der Waals surface area contributed by atoms with Gasteiger partial charge >= 0.3 is 0 Å². The molecule has 0 saturated heterocycles. The molecule has 4 rings (SSSR count). The minimum atomic E-state index is -0.485. The Bertz CT molecular complexity index is 1310. The van der Waals surface area contributed by atoms with Gasteiger partial charge in [-0.15, -0.1) is 0 Å². The number of anilines is 1. The number of benzene rings is 2. The molecule has 0 aliphatic carbocycles. The highest BCUT2D eigenvalue weighted by Crippen LogP contribution is 2.37. The lowest BCUT2D eigenvalue weighted by Crippen LogP contribution is -2.15. The van der Waals surface area contributed by atoms with Crippen molar-refractivity contribution < 1.29 is 19.0 Å². The van der Waals surface area contributed by atoms with Crippen molar-refractivity contribution in [1.82, 2.24) is 19.6 Å². The van der Waals surface area contributed by atoms with Gasteiger partial charge in [-0.2, -0.15) is 10.2 Å². The zero-order chi connectivity index (χ0) is 24.9. The molecule has 0 unspecified atom stereocenters. The van der Waals surface area contributed by atoms with Crippen molar-refractivity contribution in [1.29, 1.82) is 0 Å². The standard InChI is InChI=1S/C23H20Cl3N5O4/c1-33-19-7-4-8-20(34-2)21(19)35-13-30-10-9-18(28-30)23(32)27-22-17(26)12-31(29-22)11-14-15(24)5-3-6-16(14)25/h3-10,12H,11,13H2,1-2H3,(H,27,29,32). The first-order chi connectivity index (χ1) is 16.9. The predicted octanol–water partition coefficient (Wildman–Crippen LogP) is 5.39. The van der Waals surface area contributed by atoms with Gasteiger partial charge in [0.2, 0.25) is 5.75 Å². The van der Waals surface area contributed by atoms with Crippen molar-refractivity contribution in [2.45, 2.75) is 13.3 Å². The summed E-state index contributed by atoms with van der Waals surface area (Å²) in [5.74, 6) is 1.15. The lowest BCUT2D eigenvalue weighted by atomic mass is 10.2. The SMILES string of the molecule is COc1cccc(OC)c1OCn1ccc(C(=O)Nc2nn(Cc3c(Cl)cccc3Cl)cc2Cl)n1. The maximum absolute atomic E-state index is 12.7. The first-order valence-electron chi connectivity index (χ1n) is 10.2. The zero-order valence-electron chi connectivity index (χ0n) is 18.7. The van der Waals surface area contributed by atoms with Crippen LogP contribution in [0, 0.1) is 0 Å². The van der Waals surface area contributed by atoms with E-state index in [1.807, 2.05) is 0 Å². The topological polar surface area (TPSA) is 92.4 Å². The van der Waals surface area contributed by atoms with E-state index in [0.717, 1.165) is 0 Å². The summed E-state index contributed by atoms with van der Waals surface area (Å²) in [6.45, 7) is 0.310. The Morgan fingerprint density at radius 3 is 2.23 bits per heavy atom. The smallest absolute Gasteiger partial charge is 0.277 e. The number of hydrogen-bond donors (Lipinski definition) is 1. The van der Waals surface area contributed by atoms with Crippen molar-refractivity contribution in [2.75, 3.05) is 19.5 Å². The number of aromatic nitrogens is 4. The van der Waals surface area contributed by atoms with Gasteiger partial charge in [-0.1, -0.05) is 46.9 Å². The fourth-order valence-corrected chi connectivity index (χ4v) is 3.94. The Kier molecular flexibility index (Phi) is 7.70. The number of nitrogens with one attached hydrogen (secondary N) is 1. The number of ether oxygens (including phenoxy) is 3. The molecule has 35 heavy (non-hydrogen) atoms. The van der Waals surface area contributed by atoms with E-state index < -0.39 is 5.91 Å². The molecule has 4 aromatic rings. The molecule has 182 valence electrons. The number of amides is 1. The van der Waals surface area contributed by atoms with Crippen LogP contribution in [0.2, 0.25) is 15.1 Å². The third kappa shape index (κ3) is 5.64. The molecule has 2 aromatic heterocycles. The normalized spacial score (nSPS) is 10.8. The molecule has 9 nitrogen and oxygen atoms in total. The summed E-state index contributed by atoms with van der Waals surface area (Å²) in [6, 6.07) is 12.1. The third-order valence-corrected chi connectivity index (χ3v) is 5.91. The molecular weight excluding hydrogens is 517 g/mol. The van der Waals surface area contributed by atoms with Crippen LogP contribution in [-0.2, 0) is 13.3 Å². The van der Waals surface area contributed by atoms with Crippen LogP contribution in [0.15, 0.2) is 54.9 Å². The maximum atomic E-state index is 12.7. The van der Waals surface area contributed by atoms with Crippen LogP contribution in [-0.4, -0.2) is 39.7 Å². The van der Waals surface area contributed by atoms with E-state index in [9.17, 15) is 4.79 Å². The van der Waals surface area contributed by atoms with Crippen molar-refractivity contribution in [3.63, 3.8) is 0 Å². The Labute approximate surface area is 216 Å². The highest BCUT2D eigenvalue weighted by molar-refractivity contribution is 6.36. The van der Waals surface area contributed by atoms with Crippen LogP contribution >= 0.6 is 34.8 Å². The lowest BCUT2D eigenvalue weighted by Gasteiger charge is -2.13. The van der Waals surface area contributed by atoms with Gasteiger partial charge in [0.15, 0.2) is 29.7 Å². The molecule has 0 spiro atoms. The molecular formula is C23H20Cl3N5O4. The monoisotopic (exact) mass is 535 g/mol. The molecule has 0 aliphatic heterocycles. The second-order valence-corrected chi connectivity index (χ2v) is 8.40. The molecule has 0 atom stereocenters. The van der Waals surface area contributed by atoms with Crippen LogP contribution in [0.4, 0.5) is 5.82 Å². The fraction of sp³-hybridized carbons (Fsp3) is 0.174. The van der Waals surface area contributed by atoms with Crippen LogP contribution in [0.3, 0.4) is 0 Å². The van der Waals surface area contributed by atoms with Gasteiger partial charge < -0.3 is 19.5 Å². The molecule has 2 heterocycles. The van der Waals surface area contributed by atoms with E-state index in [0.29, 0.717) is 32.9 Å². The zero-order valence-corrected chi connectivity index (χ0v) is 20.9. The fourth-order valence-electron chi connectivity index (χ4n) is 3.22. The predicted molar refractivity (Wildman–Crippen MR) is 133 cm³/mol. The van der Waals surface area contributed by atoms with Gasteiger partial charge in [0.25, 0.3) is 5.91 Å². The van der Waals surface area contributed by atoms with Gasteiger partial charge in [0.05, 0.1) is 20.8 Å². The highest BCUT2D eigenvalue weighted by Gasteiger charge is 2.17. The summed E-state index contributed by atoms with van der Waals surface area (Å²) in [5.41, 5.74) is 0.846. The molecule has 12 heteroatoms.